The van der Waals surface area contributed by atoms with E-state index in [9.17, 15) is 24.5 Å². The Morgan fingerprint density at radius 3 is 2.44 bits per heavy atom. The van der Waals surface area contributed by atoms with Crippen molar-refractivity contribution in [3.8, 4) is 0 Å². The third kappa shape index (κ3) is 5.51. The summed E-state index contributed by atoms with van der Waals surface area (Å²) in [5, 5.41) is 13.4. The smallest absolute Gasteiger partial charge is 0.340 e. The number of ketones is 1. The number of aromatic nitrogens is 2. The summed E-state index contributed by atoms with van der Waals surface area (Å²) in [6, 6.07) is 3.93. The molecule has 0 saturated carbocycles. The molecule has 0 atom stereocenters. The summed E-state index contributed by atoms with van der Waals surface area (Å²) in [5.41, 5.74) is 1.53. The Morgan fingerprint density at radius 1 is 1.12 bits per heavy atom. The molecule has 0 amide bonds. The molecule has 0 aliphatic carbocycles. The number of thiazole rings is 1. The van der Waals surface area contributed by atoms with Crippen molar-refractivity contribution >= 4 is 46.5 Å². The molecule has 0 bridgehead atoms. The second-order valence-electron chi connectivity index (χ2n) is 7.14. The molecule has 1 N–H and O–H groups in total. The number of nitro benzene ring substituents is 1. The SMILES string of the molecule is CCOC(=O)c1c(C)[nH]c(C)c1C(=O)COC(=O)c1ccc(Sc2nc(C)cs2)c([N+](=O)[O-])c1. The lowest BCUT2D eigenvalue weighted by molar-refractivity contribution is -0.387. The van der Waals surface area contributed by atoms with Crippen LogP contribution in [0.2, 0.25) is 0 Å². The molecule has 0 spiro atoms. The summed E-state index contributed by atoms with van der Waals surface area (Å²) in [6.07, 6.45) is 0. The van der Waals surface area contributed by atoms with Gasteiger partial charge in [-0.25, -0.2) is 14.6 Å². The highest BCUT2D eigenvalue weighted by Crippen LogP contribution is 2.37. The zero-order valence-corrected chi connectivity index (χ0v) is 20.4. The van der Waals surface area contributed by atoms with Crippen molar-refractivity contribution in [1.29, 1.82) is 0 Å². The first-order valence-electron chi connectivity index (χ1n) is 10.1. The standard InChI is InChI=1S/C22H21N3O7S2/c1-5-31-21(28)19-13(4)24-12(3)18(19)16(26)9-32-20(27)14-6-7-17(15(8-14)25(29)30)34-22-23-11(2)10-33-22/h6-8,10,24H,5,9H2,1-4H3. The predicted octanol–water partition coefficient (Wildman–Crippen LogP) is 4.67. The molecule has 178 valence electrons. The largest absolute Gasteiger partial charge is 0.462 e. The van der Waals surface area contributed by atoms with Crippen LogP contribution in [0.4, 0.5) is 5.69 Å². The van der Waals surface area contributed by atoms with Gasteiger partial charge in [-0.15, -0.1) is 11.3 Å². The maximum Gasteiger partial charge on any atom is 0.340 e. The molecule has 0 aliphatic heterocycles. The molecule has 0 unspecified atom stereocenters. The number of ether oxygens (including phenoxy) is 2. The van der Waals surface area contributed by atoms with Gasteiger partial charge in [-0.3, -0.25) is 14.9 Å². The van der Waals surface area contributed by atoms with Crippen molar-refractivity contribution in [2.45, 2.75) is 36.9 Å². The number of hydrogen-bond acceptors (Lipinski definition) is 10. The van der Waals surface area contributed by atoms with Gasteiger partial charge in [0.1, 0.15) is 0 Å². The quantitative estimate of drug-likeness (QED) is 0.191. The average Bonchev–Trinajstić information content (AvgIpc) is 3.33. The summed E-state index contributed by atoms with van der Waals surface area (Å²) >= 11 is 2.48. The number of aromatic amines is 1. The molecule has 3 aromatic rings. The number of nitro groups is 1. The van der Waals surface area contributed by atoms with Crippen LogP contribution in [-0.2, 0) is 9.47 Å². The van der Waals surface area contributed by atoms with Crippen LogP contribution in [-0.4, -0.2) is 45.8 Å². The van der Waals surface area contributed by atoms with E-state index >= 15 is 0 Å². The van der Waals surface area contributed by atoms with Gasteiger partial charge in [0, 0.05) is 28.5 Å². The van der Waals surface area contributed by atoms with Crippen LogP contribution in [0, 0.1) is 30.9 Å². The van der Waals surface area contributed by atoms with Gasteiger partial charge in [-0.05, 0) is 39.8 Å². The van der Waals surface area contributed by atoms with E-state index in [1.807, 2.05) is 12.3 Å². The Bertz CT molecular complexity index is 1280. The zero-order chi connectivity index (χ0) is 25.0. The molecule has 2 aromatic heterocycles. The van der Waals surface area contributed by atoms with Crippen LogP contribution in [0.1, 0.15) is 55.1 Å². The molecule has 3 rings (SSSR count). The Morgan fingerprint density at radius 2 is 1.82 bits per heavy atom. The van der Waals surface area contributed by atoms with Crippen molar-refractivity contribution in [2.75, 3.05) is 13.2 Å². The fourth-order valence-corrected chi connectivity index (χ4v) is 5.10. The van der Waals surface area contributed by atoms with Gasteiger partial charge in [-0.2, -0.15) is 0 Å². The lowest BCUT2D eigenvalue weighted by atomic mass is 10.1. The van der Waals surface area contributed by atoms with E-state index in [4.69, 9.17) is 9.47 Å². The Balaban J connectivity index is 1.76. The van der Waals surface area contributed by atoms with Crippen molar-refractivity contribution in [3.05, 3.63) is 67.5 Å². The molecule has 0 aliphatic rings. The topological polar surface area (TPSA) is 141 Å². The monoisotopic (exact) mass is 503 g/mol. The van der Waals surface area contributed by atoms with Crippen LogP contribution in [0.15, 0.2) is 32.8 Å². The molecule has 10 nitrogen and oxygen atoms in total. The van der Waals surface area contributed by atoms with Crippen LogP contribution in [0.5, 0.6) is 0 Å². The number of esters is 2. The lowest BCUT2D eigenvalue weighted by Crippen LogP contribution is -2.18. The van der Waals surface area contributed by atoms with Gasteiger partial charge in [0.05, 0.1) is 33.1 Å². The molecule has 0 saturated heterocycles. The number of benzene rings is 1. The summed E-state index contributed by atoms with van der Waals surface area (Å²) in [6.45, 7) is 6.22. The molecular formula is C22H21N3O7S2. The van der Waals surface area contributed by atoms with Crippen LogP contribution in [0.25, 0.3) is 0 Å². The Hall–Kier alpha value is -3.51. The first kappa shape index (κ1) is 25.1. The van der Waals surface area contributed by atoms with Crippen molar-refractivity contribution < 1.29 is 28.8 Å². The fourth-order valence-electron chi connectivity index (χ4n) is 3.22. The van der Waals surface area contributed by atoms with E-state index in [0.717, 1.165) is 23.5 Å². The molecule has 12 heteroatoms. The van der Waals surface area contributed by atoms with Crippen molar-refractivity contribution in [1.82, 2.24) is 9.97 Å². The first-order valence-corrected chi connectivity index (χ1v) is 11.8. The minimum atomic E-state index is -0.902. The highest BCUT2D eigenvalue weighted by Gasteiger charge is 2.27. The molecule has 34 heavy (non-hydrogen) atoms. The molecular weight excluding hydrogens is 482 g/mol. The molecule has 0 fully saturated rings. The third-order valence-electron chi connectivity index (χ3n) is 4.65. The second kappa shape index (κ2) is 10.6. The normalized spacial score (nSPS) is 10.7. The molecule has 1 aromatic carbocycles. The number of hydrogen-bond donors (Lipinski definition) is 1. The lowest BCUT2D eigenvalue weighted by Gasteiger charge is -2.08. The third-order valence-corrected chi connectivity index (χ3v) is 6.78. The fraction of sp³-hybridized carbons (Fsp3) is 0.273. The minimum absolute atomic E-state index is 0.0771. The van der Waals surface area contributed by atoms with E-state index < -0.39 is 29.3 Å². The molecule has 0 radical (unpaired) electrons. The number of nitrogens with zero attached hydrogens (tertiary/aromatic N) is 2. The number of Topliss-reactive ketones (excluding diaryl/α,β-unsaturated/α-hetero) is 1. The van der Waals surface area contributed by atoms with E-state index in [0.29, 0.717) is 20.6 Å². The van der Waals surface area contributed by atoms with E-state index in [1.165, 1.54) is 23.5 Å². The van der Waals surface area contributed by atoms with Gasteiger partial charge in [0.15, 0.2) is 10.9 Å². The Kier molecular flexibility index (Phi) is 7.84. The summed E-state index contributed by atoms with van der Waals surface area (Å²) in [4.78, 5) is 56.0. The van der Waals surface area contributed by atoms with Gasteiger partial charge >= 0.3 is 11.9 Å². The second-order valence-corrected chi connectivity index (χ2v) is 9.29. The summed E-state index contributed by atoms with van der Waals surface area (Å²) in [5.74, 6) is -2.15. The van der Waals surface area contributed by atoms with Crippen molar-refractivity contribution in [2.24, 2.45) is 0 Å². The summed E-state index contributed by atoms with van der Waals surface area (Å²) < 4.78 is 10.8. The number of carbonyl (C=O) groups excluding carboxylic acids is 3. The maximum absolute atomic E-state index is 12.8. The highest BCUT2D eigenvalue weighted by atomic mass is 32.2. The number of carbonyl (C=O) groups is 3. The van der Waals surface area contributed by atoms with E-state index in [2.05, 4.69) is 9.97 Å². The van der Waals surface area contributed by atoms with Crippen LogP contribution < -0.4 is 0 Å². The minimum Gasteiger partial charge on any atom is -0.462 e. The first-order chi connectivity index (χ1) is 16.1. The predicted molar refractivity (Wildman–Crippen MR) is 125 cm³/mol. The summed E-state index contributed by atoms with van der Waals surface area (Å²) in [7, 11) is 0. The van der Waals surface area contributed by atoms with Gasteiger partial charge in [-0.1, -0.05) is 11.8 Å². The van der Waals surface area contributed by atoms with Gasteiger partial charge in [0.2, 0.25) is 5.78 Å². The van der Waals surface area contributed by atoms with E-state index in [-0.39, 0.29) is 29.0 Å². The molecule has 2 heterocycles. The highest BCUT2D eigenvalue weighted by molar-refractivity contribution is 8.01. The van der Waals surface area contributed by atoms with Crippen LogP contribution >= 0.6 is 23.1 Å². The zero-order valence-electron chi connectivity index (χ0n) is 18.8. The number of aryl methyl sites for hydroxylation is 3. The van der Waals surface area contributed by atoms with Crippen molar-refractivity contribution in [3.63, 3.8) is 0 Å². The number of rotatable bonds is 9. The average molecular weight is 504 g/mol. The van der Waals surface area contributed by atoms with Gasteiger partial charge < -0.3 is 14.5 Å². The Labute approximate surface area is 202 Å². The van der Waals surface area contributed by atoms with E-state index in [1.54, 1.807) is 20.8 Å². The van der Waals surface area contributed by atoms with Gasteiger partial charge in [0.25, 0.3) is 5.69 Å². The maximum atomic E-state index is 12.8. The number of H-pyrrole nitrogens is 1. The van der Waals surface area contributed by atoms with Crippen LogP contribution in [0.3, 0.4) is 0 Å². The number of nitrogens with one attached hydrogen (secondary N) is 1.